The predicted molar refractivity (Wildman–Crippen MR) is 139 cm³/mol. The van der Waals surface area contributed by atoms with Crippen molar-refractivity contribution < 1.29 is 14.3 Å². The number of carbonyl (C=O) groups excluding carboxylic acids is 2. The van der Waals surface area contributed by atoms with Crippen molar-refractivity contribution in [3.8, 4) is 5.69 Å². The molecule has 0 radical (unpaired) electrons. The highest BCUT2D eigenvalue weighted by molar-refractivity contribution is 5.92. The number of carbonyl (C=O) groups is 2. The number of likely N-dealkylation sites (tertiary alicyclic amines) is 1. The number of benzene rings is 2. The van der Waals surface area contributed by atoms with Gasteiger partial charge in [-0.25, -0.2) is 4.79 Å². The van der Waals surface area contributed by atoms with Crippen LogP contribution in [0.3, 0.4) is 0 Å². The van der Waals surface area contributed by atoms with E-state index in [9.17, 15) is 19.2 Å². The van der Waals surface area contributed by atoms with Crippen molar-refractivity contribution in [3.05, 3.63) is 91.3 Å². The van der Waals surface area contributed by atoms with Gasteiger partial charge in [-0.2, -0.15) is 9.78 Å². The Morgan fingerprint density at radius 3 is 2.27 bits per heavy atom. The normalized spacial score (nSPS) is 14.0. The second kappa shape index (κ2) is 10.9. The van der Waals surface area contributed by atoms with E-state index in [1.807, 2.05) is 51.1 Å². The van der Waals surface area contributed by atoms with Gasteiger partial charge in [-0.15, -0.1) is 0 Å². The fourth-order valence-corrected chi connectivity index (χ4v) is 4.75. The van der Waals surface area contributed by atoms with Gasteiger partial charge in [0, 0.05) is 13.1 Å². The minimum absolute atomic E-state index is 0.0118. The highest BCUT2D eigenvalue weighted by Crippen LogP contribution is 2.20. The lowest BCUT2D eigenvalue weighted by molar-refractivity contribution is -0.149. The van der Waals surface area contributed by atoms with Crippen molar-refractivity contribution in [2.24, 2.45) is 5.92 Å². The number of nitrogens with zero attached hydrogens (tertiary/aromatic N) is 4. The number of aromatic nitrogens is 3. The number of esters is 1. The zero-order chi connectivity index (χ0) is 26.7. The largest absolute Gasteiger partial charge is 0.466 e. The van der Waals surface area contributed by atoms with Gasteiger partial charge in [0.1, 0.15) is 0 Å². The van der Waals surface area contributed by atoms with Crippen LogP contribution >= 0.6 is 0 Å². The van der Waals surface area contributed by atoms with Crippen molar-refractivity contribution >= 4 is 11.9 Å². The molecule has 1 aliphatic rings. The highest BCUT2D eigenvalue weighted by Gasteiger charge is 2.31. The summed E-state index contributed by atoms with van der Waals surface area (Å²) in [6, 6.07) is 13.1. The Balaban J connectivity index is 1.76. The highest BCUT2D eigenvalue weighted by atomic mass is 16.5. The minimum atomic E-state index is -0.732. The van der Waals surface area contributed by atoms with Crippen LogP contribution < -0.4 is 11.2 Å². The summed E-state index contributed by atoms with van der Waals surface area (Å²) in [7, 11) is 0. The molecule has 0 bridgehead atoms. The lowest BCUT2D eigenvalue weighted by atomic mass is 9.97. The Bertz CT molecular complexity index is 1430. The molecule has 0 atom stereocenters. The maximum atomic E-state index is 13.5. The van der Waals surface area contributed by atoms with Gasteiger partial charge in [-0.1, -0.05) is 35.9 Å². The number of hydrogen-bond acceptors (Lipinski definition) is 6. The van der Waals surface area contributed by atoms with Gasteiger partial charge < -0.3 is 9.64 Å². The molecule has 0 saturated carbocycles. The molecule has 0 unspecified atom stereocenters. The van der Waals surface area contributed by atoms with E-state index < -0.39 is 17.2 Å². The van der Waals surface area contributed by atoms with Crippen LogP contribution in [0.1, 0.15) is 52.5 Å². The van der Waals surface area contributed by atoms with Gasteiger partial charge >= 0.3 is 11.7 Å². The lowest BCUT2D eigenvalue weighted by Gasteiger charge is -2.30. The summed E-state index contributed by atoms with van der Waals surface area (Å²) in [6.07, 6.45) is 0.886. The van der Waals surface area contributed by atoms with Gasteiger partial charge in [-0.3, -0.25) is 19.0 Å². The molecule has 1 saturated heterocycles. The Morgan fingerprint density at radius 1 is 0.973 bits per heavy atom. The van der Waals surface area contributed by atoms with Crippen molar-refractivity contribution in [3.63, 3.8) is 0 Å². The molecule has 2 heterocycles. The molecule has 9 heteroatoms. The summed E-state index contributed by atoms with van der Waals surface area (Å²) in [4.78, 5) is 54.2. The molecule has 194 valence electrons. The zero-order valence-corrected chi connectivity index (χ0v) is 21.7. The predicted octanol–water partition coefficient (Wildman–Crippen LogP) is 2.78. The SMILES string of the molecule is CCOC(=O)C1CCN(C(=O)c2nn(-c3cc(C)cc(C)c3)c(=O)n(Cc3cccc(C)c3)c2=O)CC1. The zero-order valence-electron chi connectivity index (χ0n) is 21.7. The quantitative estimate of drug-likeness (QED) is 0.478. The summed E-state index contributed by atoms with van der Waals surface area (Å²) >= 11 is 0. The summed E-state index contributed by atoms with van der Waals surface area (Å²) in [5.74, 6) is -1.10. The van der Waals surface area contributed by atoms with Gasteiger partial charge in [-0.05, 0) is 69.4 Å². The number of amides is 1. The number of piperidine rings is 1. The molecule has 37 heavy (non-hydrogen) atoms. The van der Waals surface area contributed by atoms with Crippen LogP contribution in [0.15, 0.2) is 52.1 Å². The third-order valence-electron chi connectivity index (χ3n) is 6.54. The van der Waals surface area contributed by atoms with E-state index in [1.54, 1.807) is 19.1 Å². The molecule has 1 amide bonds. The first-order valence-electron chi connectivity index (χ1n) is 12.5. The van der Waals surface area contributed by atoms with E-state index in [2.05, 4.69) is 5.10 Å². The molecule has 0 N–H and O–H groups in total. The van der Waals surface area contributed by atoms with Crippen LogP contribution in [-0.4, -0.2) is 50.8 Å². The molecular formula is C28H32N4O5. The summed E-state index contributed by atoms with van der Waals surface area (Å²) < 4.78 is 7.31. The number of hydrogen-bond donors (Lipinski definition) is 0. The van der Waals surface area contributed by atoms with Crippen LogP contribution in [-0.2, 0) is 16.1 Å². The summed E-state index contributed by atoms with van der Waals surface area (Å²) in [5.41, 5.74) is 2.43. The van der Waals surface area contributed by atoms with Gasteiger partial charge in [0.05, 0.1) is 24.8 Å². The molecule has 0 spiro atoms. The first-order valence-corrected chi connectivity index (χ1v) is 12.5. The molecule has 1 aromatic heterocycles. The molecular weight excluding hydrogens is 472 g/mol. The Kier molecular flexibility index (Phi) is 7.71. The average Bonchev–Trinajstić information content (AvgIpc) is 2.86. The molecule has 1 aliphatic heterocycles. The number of ether oxygens (including phenoxy) is 1. The molecule has 9 nitrogen and oxygen atoms in total. The maximum Gasteiger partial charge on any atom is 0.352 e. The molecule has 1 fully saturated rings. The van der Waals surface area contributed by atoms with Crippen LogP contribution in [0.25, 0.3) is 5.69 Å². The third kappa shape index (κ3) is 5.71. The molecule has 4 rings (SSSR count). The standard InChI is InChI=1S/C28H32N4O5/c1-5-37-27(35)22-9-11-30(12-10-22)25(33)24-26(34)31(17-21-8-6-7-18(2)14-21)28(36)32(29-24)23-15-19(3)13-20(4)16-23/h6-8,13-16,22H,5,9-12,17H2,1-4H3. The van der Waals surface area contributed by atoms with E-state index >= 15 is 0 Å². The van der Waals surface area contributed by atoms with E-state index in [1.165, 1.54) is 4.90 Å². The van der Waals surface area contributed by atoms with Gasteiger partial charge in [0.2, 0.25) is 5.69 Å². The van der Waals surface area contributed by atoms with E-state index in [0.717, 1.165) is 31.5 Å². The Morgan fingerprint density at radius 2 is 1.65 bits per heavy atom. The van der Waals surface area contributed by atoms with Gasteiger partial charge in [0.15, 0.2) is 0 Å². The van der Waals surface area contributed by atoms with Crippen LogP contribution in [0, 0.1) is 26.7 Å². The van der Waals surface area contributed by atoms with E-state index in [-0.39, 0.29) is 24.1 Å². The Labute approximate surface area is 215 Å². The van der Waals surface area contributed by atoms with E-state index in [0.29, 0.717) is 38.2 Å². The summed E-state index contributed by atoms with van der Waals surface area (Å²) in [6.45, 7) is 8.42. The molecule has 2 aromatic carbocycles. The molecule has 0 aliphatic carbocycles. The average molecular weight is 505 g/mol. The summed E-state index contributed by atoms with van der Waals surface area (Å²) in [5, 5.41) is 4.29. The van der Waals surface area contributed by atoms with Crippen molar-refractivity contribution in [1.29, 1.82) is 0 Å². The first kappa shape index (κ1) is 26.1. The molecule has 3 aromatic rings. The second-order valence-corrected chi connectivity index (χ2v) is 9.59. The number of rotatable bonds is 6. The lowest BCUT2D eigenvalue weighted by Crippen LogP contribution is -2.48. The second-order valence-electron chi connectivity index (χ2n) is 9.59. The van der Waals surface area contributed by atoms with Crippen LogP contribution in [0.4, 0.5) is 0 Å². The Hall–Kier alpha value is -4.01. The third-order valence-corrected chi connectivity index (χ3v) is 6.54. The maximum absolute atomic E-state index is 13.5. The number of aryl methyl sites for hydroxylation is 3. The van der Waals surface area contributed by atoms with Gasteiger partial charge in [0.25, 0.3) is 11.5 Å². The van der Waals surface area contributed by atoms with Crippen molar-refractivity contribution in [2.45, 2.75) is 47.1 Å². The topological polar surface area (TPSA) is 104 Å². The first-order chi connectivity index (χ1) is 17.7. The smallest absolute Gasteiger partial charge is 0.352 e. The fraction of sp³-hybridized carbons (Fsp3) is 0.393. The van der Waals surface area contributed by atoms with Crippen molar-refractivity contribution in [1.82, 2.24) is 19.2 Å². The van der Waals surface area contributed by atoms with Crippen LogP contribution in [0.2, 0.25) is 0 Å². The fourth-order valence-electron chi connectivity index (χ4n) is 4.75. The monoisotopic (exact) mass is 504 g/mol. The van der Waals surface area contributed by atoms with Crippen molar-refractivity contribution in [2.75, 3.05) is 19.7 Å². The van der Waals surface area contributed by atoms with E-state index in [4.69, 9.17) is 4.74 Å². The van der Waals surface area contributed by atoms with Crippen LogP contribution in [0.5, 0.6) is 0 Å². The minimum Gasteiger partial charge on any atom is -0.466 e.